The lowest BCUT2D eigenvalue weighted by atomic mass is 9.87. The minimum atomic E-state index is 1.02. The fourth-order valence-electron chi connectivity index (χ4n) is 2.92. The number of hydrogen-bond donors (Lipinski definition) is 0. The Bertz CT molecular complexity index is 129. The third kappa shape index (κ3) is 1.45. The third-order valence-electron chi connectivity index (χ3n) is 3.83. The van der Waals surface area contributed by atoms with E-state index in [9.17, 15) is 0 Å². The van der Waals surface area contributed by atoms with Crippen molar-refractivity contribution >= 4 is 0 Å². The van der Waals surface area contributed by atoms with Crippen LogP contribution < -0.4 is 0 Å². The van der Waals surface area contributed by atoms with Crippen LogP contribution in [0.15, 0.2) is 0 Å². The summed E-state index contributed by atoms with van der Waals surface area (Å²) in [6.45, 7) is 4.77. The molecule has 0 bridgehead atoms. The van der Waals surface area contributed by atoms with E-state index in [0.717, 1.165) is 11.8 Å². The Morgan fingerprint density at radius 2 is 1.82 bits per heavy atom. The third-order valence-corrected chi connectivity index (χ3v) is 3.83. The van der Waals surface area contributed by atoms with Gasteiger partial charge in [-0.1, -0.05) is 26.7 Å². The quantitative estimate of drug-likeness (QED) is 0.581. The minimum absolute atomic E-state index is 1.02. The van der Waals surface area contributed by atoms with Crippen LogP contribution in [0, 0.1) is 23.7 Å². The van der Waals surface area contributed by atoms with Crippen LogP contribution in [0.3, 0.4) is 0 Å². The molecule has 0 aromatic heterocycles. The Labute approximate surface area is 70.4 Å². The molecular weight excluding hydrogens is 132 g/mol. The molecule has 0 N–H and O–H groups in total. The van der Waals surface area contributed by atoms with Gasteiger partial charge < -0.3 is 0 Å². The second-order valence-corrected chi connectivity index (χ2v) is 4.75. The smallest absolute Gasteiger partial charge is 0.0380 e. The van der Waals surface area contributed by atoms with Crippen molar-refractivity contribution in [2.75, 3.05) is 0 Å². The number of fused-ring (bicyclic) bond motifs is 1. The zero-order valence-electron chi connectivity index (χ0n) is 7.84. The van der Waals surface area contributed by atoms with Gasteiger partial charge in [0.15, 0.2) is 0 Å². The van der Waals surface area contributed by atoms with Crippen molar-refractivity contribution in [1.82, 2.24) is 0 Å². The first-order chi connectivity index (χ1) is 5.31. The molecule has 0 nitrogen and oxygen atoms in total. The van der Waals surface area contributed by atoms with Gasteiger partial charge >= 0.3 is 0 Å². The molecule has 0 amide bonds. The first-order valence-corrected chi connectivity index (χ1v) is 5.31. The maximum Gasteiger partial charge on any atom is -0.0380 e. The van der Waals surface area contributed by atoms with E-state index in [4.69, 9.17) is 0 Å². The molecule has 2 saturated carbocycles. The van der Waals surface area contributed by atoms with Gasteiger partial charge in [0.05, 0.1) is 0 Å². The zero-order chi connectivity index (χ0) is 7.84. The van der Waals surface area contributed by atoms with Gasteiger partial charge in [-0.05, 0) is 42.9 Å². The molecule has 64 valence electrons. The molecule has 2 aliphatic rings. The van der Waals surface area contributed by atoms with Crippen molar-refractivity contribution in [1.29, 1.82) is 0 Å². The van der Waals surface area contributed by atoms with E-state index in [-0.39, 0.29) is 0 Å². The average Bonchev–Trinajstić information content (AvgIpc) is 2.59. The highest BCUT2D eigenvalue weighted by atomic mass is 14.5. The molecule has 2 unspecified atom stereocenters. The van der Waals surface area contributed by atoms with E-state index in [0.29, 0.717) is 0 Å². The van der Waals surface area contributed by atoms with Crippen LogP contribution in [0.4, 0.5) is 0 Å². The molecule has 0 spiro atoms. The van der Waals surface area contributed by atoms with Crippen molar-refractivity contribution in [2.45, 2.75) is 46.0 Å². The van der Waals surface area contributed by atoms with Crippen molar-refractivity contribution in [3.63, 3.8) is 0 Å². The highest BCUT2D eigenvalue weighted by Gasteiger charge is 2.46. The first-order valence-electron chi connectivity index (χ1n) is 5.31. The van der Waals surface area contributed by atoms with Crippen LogP contribution in [0.2, 0.25) is 0 Å². The van der Waals surface area contributed by atoms with Crippen molar-refractivity contribution in [3.05, 3.63) is 0 Å². The standard InChI is InChI=1S/C11H20/c1-3-4-8(2)9-5-10-7-11(10)6-9/h8-11H,3-7H2,1-2H3/t8-,9?,10?,11?/m1/s1. The zero-order valence-corrected chi connectivity index (χ0v) is 7.84. The monoisotopic (exact) mass is 152 g/mol. The Balaban J connectivity index is 1.77. The fraction of sp³-hybridized carbons (Fsp3) is 1.00. The fourth-order valence-corrected chi connectivity index (χ4v) is 2.92. The number of hydrogen-bond acceptors (Lipinski definition) is 0. The average molecular weight is 152 g/mol. The molecule has 2 fully saturated rings. The van der Waals surface area contributed by atoms with Gasteiger partial charge in [0.2, 0.25) is 0 Å². The summed E-state index contributed by atoms with van der Waals surface area (Å²) in [5.74, 6) is 4.49. The highest BCUT2D eigenvalue weighted by Crippen LogP contribution is 2.56. The van der Waals surface area contributed by atoms with E-state index in [2.05, 4.69) is 13.8 Å². The van der Waals surface area contributed by atoms with Gasteiger partial charge in [-0.25, -0.2) is 0 Å². The Morgan fingerprint density at radius 1 is 1.18 bits per heavy atom. The predicted molar refractivity (Wildman–Crippen MR) is 48.4 cm³/mol. The van der Waals surface area contributed by atoms with Crippen LogP contribution in [0.25, 0.3) is 0 Å². The van der Waals surface area contributed by atoms with Crippen LogP contribution in [0.1, 0.15) is 46.0 Å². The molecule has 0 saturated heterocycles. The van der Waals surface area contributed by atoms with Crippen molar-refractivity contribution in [3.8, 4) is 0 Å². The highest BCUT2D eigenvalue weighted by molar-refractivity contribution is 4.96. The van der Waals surface area contributed by atoms with Gasteiger partial charge in [-0.2, -0.15) is 0 Å². The molecule has 2 rings (SSSR count). The minimum Gasteiger partial charge on any atom is -0.0654 e. The summed E-state index contributed by atoms with van der Waals surface area (Å²) in [7, 11) is 0. The summed E-state index contributed by atoms with van der Waals surface area (Å²) < 4.78 is 0. The van der Waals surface area contributed by atoms with Gasteiger partial charge in [0.25, 0.3) is 0 Å². The molecular formula is C11H20. The summed E-state index contributed by atoms with van der Waals surface area (Å²) >= 11 is 0. The maximum absolute atomic E-state index is 2.46. The van der Waals surface area contributed by atoms with E-state index in [1.54, 1.807) is 19.3 Å². The Hall–Kier alpha value is 0. The van der Waals surface area contributed by atoms with Crippen LogP contribution in [0.5, 0.6) is 0 Å². The van der Waals surface area contributed by atoms with Gasteiger partial charge in [-0.3, -0.25) is 0 Å². The lowest BCUT2D eigenvalue weighted by Crippen LogP contribution is -2.09. The summed E-state index contributed by atoms with van der Waals surface area (Å²) in [5.41, 5.74) is 0. The first kappa shape index (κ1) is 7.64. The second kappa shape index (κ2) is 2.80. The van der Waals surface area contributed by atoms with E-state index in [1.807, 2.05) is 0 Å². The second-order valence-electron chi connectivity index (χ2n) is 4.75. The summed E-state index contributed by atoms with van der Waals surface area (Å²) in [4.78, 5) is 0. The molecule has 0 heteroatoms. The van der Waals surface area contributed by atoms with E-state index < -0.39 is 0 Å². The van der Waals surface area contributed by atoms with Gasteiger partial charge in [-0.15, -0.1) is 0 Å². The largest absolute Gasteiger partial charge is 0.0654 e. The Kier molecular flexibility index (Phi) is 1.95. The maximum atomic E-state index is 2.46. The molecule has 0 aromatic rings. The summed E-state index contributed by atoms with van der Waals surface area (Å²) in [5, 5.41) is 0. The van der Waals surface area contributed by atoms with E-state index in [1.165, 1.54) is 24.7 Å². The van der Waals surface area contributed by atoms with Crippen LogP contribution in [-0.4, -0.2) is 0 Å². The molecule has 0 aliphatic heterocycles. The van der Waals surface area contributed by atoms with Gasteiger partial charge in [0.1, 0.15) is 0 Å². The van der Waals surface area contributed by atoms with Crippen LogP contribution in [-0.2, 0) is 0 Å². The van der Waals surface area contributed by atoms with E-state index >= 15 is 0 Å². The molecule has 0 radical (unpaired) electrons. The normalized spacial score (nSPS) is 43.6. The van der Waals surface area contributed by atoms with Crippen molar-refractivity contribution < 1.29 is 0 Å². The Morgan fingerprint density at radius 3 is 2.36 bits per heavy atom. The topological polar surface area (TPSA) is 0 Å². The summed E-state index contributed by atoms with van der Waals surface area (Å²) in [6, 6.07) is 0. The molecule has 0 aromatic carbocycles. The van der Waals surface area contributed by atoms with Crippen molar-refractivity contribution in [2.24, 2.45) is 23.7 Å². The lowest BCUT2D eigenvalue weighted by molar-refractivity contribution is 0.317. The molecule has 3 atom stereocenters. The van der Waals surface area contributed by atoms with Gasteiger partial charge in [0, 0.05) is 0 Å². The molecule has 0 heterocycles. The molecule has 11 heavy (non-hydrogen) atoms. The SMILES string of the molecule is CCC[C@@H](C)C1CC2CC2C1. The lowest BCUT2D eigenvalue weighted by Gasteiger charge is -2.19. The number of rotatable bonds is 3. The van der Waals surface area contributed by atoms with Crippen LogP contribution >= 0.6 is 0 Å². The predicted octanol–water partition coefficient (Wildman–Crippen LogP) is 3.47. The molecule has 2 aliphatic carbocycles. The summed E-state index contributed by atoms with van der Waals surface area (Å²) in [6.07, 6.45) is 7.57.